The Morgan fingerprint density at radius 3 is 3.04 bits per heavy atom. The summed E-state index contributed by atoms with van der Waals surface area (Å²) >= 11 is 1.47. The molecule has 0 unspecified atom stereocenters. The van der Waals surface area contributed by atoms with Crippen LogP contribution in [0.5, 0.6) is 0 Å². The van der Waals surface area contributed by atoms with E-state index in [1.54, 1.807) is 13.0 Å². The Bertz CT molecular complexity index is 734. The Hall–Kier alpha value is -2.15. The maximum absolute atomic E-state index is 12.1. The molecule has 7 heteroatoms. The topological polar surface area (TPSA) is 81.4 Å². The maximum atomic E-state index is 12.1. The van der Waals surface area contributed by atoms with Crippen molar-refractivity contribution in [2.24, 2.45) is 5.92 Å². The quantitative estimate of drug-likeness (QED) is 0.869. The first-order valence-corrected chi connectivity index (χ1v) is 8.35. The molecule has 0 spiro atoms. The van der Waals surface area contributed by atoms with E-state index < -0.39 is 11.9 Å². The second-order valence-corrected chi connectivity index (χ2v) is 6.99. The van der Waals surface area contributed by atoms with Crippen molar-refractivity contribution >= 4 is 29.0 Å². The zero-order valence-corrected chi connectivity index (χ0v) is 13.9. The van der Waals surface area contributed by atoms with E-state index >= 15 is 0 Å². The predicted molar refractivity (Wildman–Crippen MR) is 85.7 cm³/mol. The molecule has 2 aromatic heterocycles. The van der Waals surface area contributed by atoms with Crippen molar-refractivity contribution < 1.29 is 18.8 Å². The van der Waals surface area contributed by atoms with Crippen molar-refractivity contribution in [2.75, 3.05) is 11.9 Å². The van der Waals surface area contributed by atoms with Gasteiger partial charge in [-0.1, -0.05) is 12.1 Å². The summed E-state index contributed by atoms with van der Waals surface area (Å²) in [5, 5.41) is 6.15. The Kier molecular flexibility index (Phi) is 4.47. The smallest absolute Gasteiger partial charge is 0.348 e. The van der Waals surface area contributed by atoms with Gasteiger partial charge in [0.2, 0.25) is 0 Å². The summed E-state index contributed by atoms with van der Waals surface area (Å²) in [7, 11) is 0. The minimum absolute atomic E-state index is 0.309. The average molecular weight is 334 g/mol. The molecule has 0 aliphatic heterocycles. The first-order valence-electron chi connectivity index (χ1n) is 7.53. The molecular formula is C16H18N2O4S. The van der Waals surface area contributed by atoms with Gasteiger partial charge in [0.15, 0.2) is 12.4 Å². The van der Waals surface area contributed by atoms with Crippen LogP contribution in [0.3, 0.4) is 0 Å². The van der Waals surface area contributed by atoms with Gasteiger partial charge in [0, 0.05) is 10.9 Å². The molecule has 23 heavy (non-hydrogen) atoms. The number of aromatic nitrogens is 1. The molecule has 1 amide bonds. The highest BCUT2D eigenvalue weighted by Gasteiger charge is 2.21. The number of anilines is 1. The van der Waals surface area contributed by atoms with Crippen LogP contribution in [0.15, 0.2) is 16.7 Å². The number of nitrogens with one attached hydrogen (secondary N) is 1. The van der Waals surface area contributed by atoms with E-state index in [9.17, 15) is 9.59 Å². The van der Waals surface area contributed by atoms with E-state index in [0.717, 1.165) is 19.3 Å². The maximum Gasteiger partial charge on any atom is 0.348 e. The number of hydrogen-bond acceptors (Lipinski definition) is 6. The van der Waals surface area contributed by atoms with Crippen molar-refractivity contribution in [3.8, 4) is 0 Å². The summed E-state index contributed by atoms with van der Waals surface area (Å²) in [6.07, 6.45) is 3.17. The normalized spacial score (nSPS) is 16.7. The van der Waals surface area contributed by atoms with Gasteiger partial charge in [0.1, 0.15) is 10.6 Å². The number of aryl methyl sites for hydroxylation is 2. The van der Waals surface area contributed by atoms with Gasteiger partial charge in [0.25, 0.3) is 5.91 Å². The monoisotopic (exact) mass is 334 g/mol. The van der Waals surface area contributed by atoms with Gasteiger partial charge in [-0.2, -0.15) is 0 Å². The molecule has 2 heterocycles. The number of fused-ring (bicyclic) bond motifs is 1. The highest BCUT2D eigenvalue weighted by Crippen LogP contribution is 2.32. The molecule has 0 radical (unpaired) electrons. The summed E-state index contributed by atoms with van der Waals surface area (Å²) in [5.74, 6) is 0.655. The Morgan fingerprint density at radius 1 is 1.48 bits per heavy atom. The van der Waals surface area contributed by atoms with Gasteiger partial charge >= 0.3 is 5.97 Å². The van der Waals surface area contributed by atoms with E-state index in [4.69, 9.17) is 9.26 Å². The van der Waals surface area contributed by atoms with Crippen LogP contribution >= 0.6 is 11.3 Å². The molecule has 3 rings (SSSR count). The third kappa shape index (κ3) is 3.79. The number of carbonyl (C=O) groups excluding carboxylic acids is 2. The molecular weight excluding hydrogens is 316 g/mol. The summed E-state index contributed by atoms with van der Waals surface area (Å²) in [4.78, 5) is 25.6. The average Bonchev–Trinajstić information content (AvgIpc) is 3.10. The molecule has 1 aliphatic carbocycles. The van der Waals surface area contributed by atoms with Crippen LogP contribution in [0.25, 0.3) is 0 Å². The number of carbonyl (C=O) groups is 2. The van der Waals surface area contributed by atoms with E-state index in [2.05, 4.69) is 17.4 Å². The first-order chi connectivity index (χ1) is 11.0. The highest BCUT2D eigenvalue weighted by atomic mass is 32.1. The Balaban J connectivity index is 1.54. The van der Waals surface area contributed by atoms with Gasteiger partial charge in [-0.15, -0.1) is 11.3 Å². The molecule has 122 valence electrons. The number of nitrogens with zero attached hydrogens (tertiary/aromatic N) is 1. The lowest BCUT2D eigenvalue weighted by Crippen LogP contribution is -2.20. The largest absolute Gasteiger partial charge is 0.451 e. The van der Waals surface area contributed by atoms with E-state index in [1.165, 1.54) is 21.8 Å². The molecule has 6 nitrogen and oxygen atoms in total. The lowest BCUT2D eigenvalue weighted by Gasteiger charge is -2.16. The van der Waals surface area contributed by atoms with Crippen LogP contribution < -0.4 is 5.32 Å². The van der Waals surface area contributed by atoms with Gasteiger partial charge in [-0.25, -0.2) is 4.79 Å². The van der Waals surface area contributed by atoms with E-state index in [-0.39, 0.29) is 6.61 Å². The minimum Gasteiger partial charge on any atom is -0.451 e. The molecule has 0 fully saturated rings. The van der Waals surface area contributed by atoms with Gasteiger partial charge < -0.3 is 14.6 Å². The summed E-state index contributed by atoms with van der Waals surface area (Å²) in [6, 6.07) is 3.49. The second kappa shape index (κ2) is 6.54. The molecule has 1 N–H and O–H groups in total. The van der Waals surface area contributed by atoms with Crippen LogP contribution in [0.2, 0.25) is 0 Å². The summed E-state index contributed by atoms with van der Waals surface area (Å²) < 4.78 is 9.92. The van der Waals surface area contributed by atoms with Crippen molar-refractivity contribution in [1.82, 2.24) is 5.16 Å². The van der Waals surface area contributed by atoms with Gasteiger partial charge in [-0.05, 0) is 43.7 Å². The van der Waals surface area contributed by atoms with Crippen LogP contribution in [-0.4, -0.2) is 23.6 Å². The SMILES string of the molecule is Cc1cc(NC(=O)COC(=O)c2cc3c(s2)CC[C@H](C)C3)no1. The molecule has 1 atom stereocenters. The van der Waals surface area contributed by atoms with Crippen molar-refractivity contribution in [1.29, 1.82) is 0 Å². The fourth-order valence-corrected chi connectivity index (χ4v) is 3.72. The lowest BCUT2D eigenvalue weighted by molar-refractivity contribution is -0.119. The number of ether oxygens (including phenoxy) is 1. The standard InChI is InChI=1S/C16H18N2O4S/c1-9-3-4-12-11(5-9)7-13(23-12)16(20)21-8-15(19)17-14-6-10(2)22-18-14/h6-7,9H,3-5,8H2,1-2H3,(H,17,18,19)/t9-/m0/s1. The first kappa shape index (κ1) is 15.7. The zero-order chi connectivity index (χ0) is 16.4. The van der Waals surface area contributed by atoms with Crippen LogP contribution in [0, 0.1) is 12.8 Å². The van der Waals surface area contributed by atoms with Crippen LogP contribution in [0.4, 0.5) is 5.82 Å². The van der Waals surface area contributed by atoms with E-state index in [1.807, 2.05) is 6.07 Å². The number of amides is 1. The van der Waals surface area contributed by atoms with Crippen molar-refractivity contribution in [2.45, 2.75) is 33.1 Å². The third-order valence-electron chi connectivity index (χ3n) is 3.76. The lowest BCUT2D eigenvalue weighted by atomic mass is 9.90. The zero-order valence-electron chi connectivity index (χ0n) is 13.0. The summed E-state index contributed by atoms with van der Waals surface area (Å²) in [6.45, 7) is 3.60. The minimum atomic E-state index is -0.455. The fraction of sp³-hybridized carbons (Fsp3) is 0.438. The van der Waals surface area contributed by atoms with Crippen molar-refractivity contribution in [3.05, 3.63) is 33.2 Å². The second-order valence-electron chi connectivity index (χ2n) is 5.85. The molecule has 0 bridgehead atoms. The fourth-order valence-electron chi connectivity index (χ4n) is 2.61. The molecule has 0 saturated heterocycles. The highest BCUT2D eigenvalue weighted by molar-refractivity contribution is 7.14. The Labute approximate surface area is 137 Å². The summed E-state index contributed by atoms with van der Waals surface area (Å²) in [5.41, 5.74) is 1.24. The van der Waals surface area contributed by atoms with Crippen LogP contribution in [-0.2, 0) is 22.4 Å². The van der Waals surface area contributed by atoms with Gasteiger partial charge in [-0.3, -0.25) is 4.79 Å². The Morgan fingerprint density at radius 2 is 2.30 bits per heavy atom. The van der Waals surface area contributed by atoms with Crippen LogP contribution in [0.1, 0.15) is 39.2 Å². The predicted octanol–water partition coefficient (Wildman–Crippen LogP) is 2.96. The molecule has 0 aromatic carbocycles. The molecule has 1 aliphatic rings. The van der Waals surface area contributed by atoms with Gasteiger partial charge in [0.05, 0.1) is 0 Å². The van der Waals surface area contributed by atoms with E-state index in [0.29, 0.717) is 22.4 Å². The number of thiophene rings is 1. The number of hydrogen-bond donors (Lipinski definition) is 1. The molecule has 0 saturated carbocycles. The number of rotatable bonds is 4. The molecule has 2 aromatic rings. The van der Waals surface area contributed by atoms with Crippen molar-refractivity contribution in [3.63, 3.8) is 0 Å². The third-order valence-corrected chi connectivity index (χ3v) is 4.98. The number of esters is 1.